The lowest BCUT2D eigenvalue weighted by Crippen LogP contribution is -2.38. The van der Waals surface area contributed by atoms with Crippen molar-refractivity contribution in [3.8, 4) is 11.1 Å². The first-order valence-corrected chi connectivity index (χ1v) is 16.3. The van der Waals surface area contributed by atoms with Crippen molar-refractivity contribution in [1.82, 2.24) is 25.8 Å². The van der Waals surface area contributed by atoms with E-state index in [1.54, 1.807) is 11.8 Å². The molecule has 1 aliphatic heterocycles. The molecular formula is C36H37N5O4S. The van der Waals surface area contributed by atoms with Gasteiger partial charge >= 0.3 is 6.03 Å². The highest BCUT2D eigenvalue weighted by Crippen LogP contribution is 2.43. The summed E-state index contributed by atoms with van der Waals surface area (Å²) in [7, 11) is 0. The molecule has 4 N–H and O–H groups in total. The Morgan fingerprint density at radius 2 is 1.57 bits per heavy atom. The van der Waals surface area contributed by atoms with E-state index in [9.17, 15) is 9.90 Å². The molecular weight excluding hydrogens is 598 g/mol. The highest BCUT2D eigenvalue weighted by Gasteiger charge is 2.38. The lowest BCUT2D eigenvalue weighted by atomic mass is 9.91. The number of ether oxygens (including phenoxy) is 2. The van der Waals surface area contributed by atoms with Crippen LogP contribution in [0.25, 0.3) is 11.1 Å². The molecule has 9 nitrogen and oxygen atoms in total. The summed E-state index contributed by atoms with van der Waals surface area (Å²) >= 11 is 1.57. The van der Waals surface area contributed by atoms with E-state index in [-0.39, 0.29) is 30.8 Å². The third-order valence-electron chi connectivity index (χ3n) is 8.15. The molecule has 0 spiro atoms. The number of H-pyrrole nitrogens is 1. The lowest BCUT2D eigenvalue weighted by Gasteiger charge is -2.41. The molecule has 10 heteroatoms. The van der Waals surface area contributed by atoms with Crippen LogP contribution in [0.1, 0.15) is 47.1 Å². The first-order valence-electron chi connectivity index (χ1n) is 15.3. The molecule has 1 fully saturated rings. The second kappa shape index (κ2) is 15.2. The van der Waals surface area contributed by atoms with Crippen molar-refractivity contribution in [2.24, 2.45) is 5.92 Å². The molecule has 4 atom stereocenters. The summed E-state index contributed by atoms with van der Waals surface area (Å²) < 4.78 is 13.2. The van der Waals surface area contributed by atoms with Crippen LogP contribution in [0.5, 0.6) is 0 Å². The van der Waals surface area contributed by atoms with Gasteiger partial charge in [0.15, 0.2) is 11.4 Å². The van der Waals surface area contributed by atoms with Gasteiger partial charge in [0.25, 0.3) is 0 Å². The molecule has 1 aliphatic rings. The highest BCUT2D eigenvalue weighted by atomic mass is 32.2. The maximum Gasteiger partial charge on any atom is 0.315 e. The zero-order valence-corrected chi connectivity index (χ0v) is 26.3. The molecule has 2 heterocycles. The zero-order valence-electron chi connectivity index (χ0n) is 25.5. The lowest BCUT2D eigenvalue weighted by molar-refractivity contribution is -0.268. The molecule has 1 aromatic heterocycles. The van der Waals surface area contributed by atoms with E-state index >= 15 is 0 Å². The van der Waals surface area contributed by atoms with Gasteiger partial charge in [0.1, 0.15) is 6.33 Å². The van der Waals surface area contributed by atoms with Crippen LogP contribution < -0.4 is 10.6 Å². The minimum absolute atomic E-state index is 0.00344. The quantitative estimate of drug-likeness (QED) is 0.122. The number of aliphatic hydroxyl groups excluding tert-OH is 1. The Balaban J connectivity index is 1.16. The average Bonchev–Trinajstić information content (AvgIpc) is 3.64. The van der Waals surface area contributed by atoms with Gasteiger partial charge in [-0.25, -0.2) is 9.78 Å². The fraction of sp³-hybridized carbons (Fsp3) is 0.250. The Bertz CT molecular complexity index is 1680. The van der Waals surface area contributed by atoms with E-state index in [0.29, 0.717) is 18.8 Å². The van der Waals surface area contributed by atoms with Crippen LogP contribution in [-0.2, 0) is 29.2 Å². The number of carbonyl (C=O) groups is 1. The summed E-state index contributed by atoms with van der Waals surface area (Å²) in [4.78, 5) is 16.8. The van der Waals surface area contributed by atoms with E-state index in [0.717, 1.165) is 44.1 Å². The maximum atomic E-state index is 12.5. The van der Waals surface area contributed by atoms with Crippen LogP contribution in [0.15, 0.2) is 115 Å². The van der Waals surface area contributed by atoms with Crippen molar-refractivity contribution in [2.75, 3.05) is 5.75 Å². The number of hydrogen-bond donors (Lipinski definition) is 4. The third-order valence-corrected chi connectivity index (χ3v) is 9.11. The Morgan fingerprint density at radius 1 is 0.848 bits per heavy atom. The summed E-state index contributed by atoms with van der Waals surface area (Å²) in [6, 6.07) is 33.8. The SMILES string of the molecule is CC1C(CSc2ncn[nH]2)OC(c2ccc(-c3ccccc3CNC(=O)NCc3ccccc3)cc2)OC1c1ccc(CO)cc1. The Labute approximate surface area is 272 Å². The summed E-state index contributed by atoms with van der Waals surface area (Å²) in [5.41, 5.74) is 6.95. The monoisotopic (exact) mass is 635 g/mol. The van der Waals surface area contributed by atoms with E-state index in [1.807, 2.05) is 84.9 Å². The third kappa shape index (κ3) is 7.83. The van der Waals surface area contributed by atoms with E-state index in [2.05, 4.69) is 50.9 Å². The Morgan fingerprint density at radius 3 is 2.30 bits per heavy atom. The standard InChI is InChI=1S/C36H37N5O4S/c1-24-32(22-46-36-39-23-40-41-36)44-34(45-33(24)28-13-11-26(21-42)12-14-28)29-17-15-27(16-18-29)31-10-6-5-9-30(31)20-38-35(43)37-19-25-7-3-2-4-8-25/h2-18,23-24,32-34,42H,19-22H2,1H3,(H2,37,38,43)(H,39,40,41). The first kappa shape index (κ1) is 31.5. The van der Waals surface area contributed by atoms with Crippen LogP contribution in [-0.4, -0.2) is 38.2 Å². The number of carbonyl (C=O) groups excluding carboxylic acids is 1. The average molecular weight is 636 g/mol. The molecule has 0 radical (unpaired) electrons. The molecule has 236 valence electrons. The number of nitrogens with one attached hydrogen (secondary N) is 3. The van der Waals surface area contributed by atoms with Crippen molar-refractivity contribution in [2.45, 2.75) is 50.3 Å². The largest absolute Gasteiger partial charge is 0.392 e. The molecule has 46 heavy (non-hydrogen) atoms. The Kier molecular flexibility index (Phi) is 10.4. The van der Waals surface area contributed by atoms with Crippen LogP contribution >= 0.6 is 11.8 Å². The van der Waals surface area contributed by atoms with Gasteiger partial charge in [0, 0.05) is 30.3 Å². The molecule has 1 saturated heterocycles. The summed E-state index contributed by atoms with van der Waals surface area (Å²) in [6.45, 7) is 3.00. The fourth-order valence-corrected chi connectivity index (χ4v) is 6.47. The normalized spacial score (nSPS) is 19.4. The smallest absolute Gasteiger partial charge is 0.315 e. The van der Waals surface area contributed by atoms with Gasteiger partial charge in [-0.3, -0.25) is 5.10 Å². The molecule has 6 rings (SSSR count). The Hall–Kier alpha value is -4.48. The zero-order chi connectivity index (χ0) is 31.7. The predicted molar refractivity (Wildman–Crippen MR) is 177 cm³/mol. The number of hydrogen-bond acceptors (Lipinski definition) is 7. The maximum absolute atomic E-state index is 12.5. The summed E-state index contributed by atoms with van der Waals surface area (Å²) in [5, 5.41) is 23.0. The number of urea groups is 1. The molecule has 0 saturated carbocycles. The van der Waals surface area contributed by atoms with E-state index < -0.39 is 6.29 Å². The van der Waals surface area contributed by atoms with Gasteiger partial charge in [0.05, 0.1) is 18.8 Å². The number of benzene rings is 4. The fourth-order valence-electron chi connectivity index (χ4n) is 5.53. The second-order valence-corrected chi connectivity index (χ2v) is 12.2. The van der Waals surface area contributed by atoms with Gasteiger partial charge in [-0.05, 0) is 33.4 Å². The van der Waals surface area contributed by atoms with Crippen LogP contribution in [0.3, 0.4) is 0 Å². The van der Waals surface area contributed by atoms with E-state index in [1.165, 1.54) is 6.33 Å². The molecule has 2 amide bonds. The topological polar surface area (TPSA) is 121 Å². The molecule has 0 bridgehead atoms. The highest BCUT2D eigenvalue weighted by molar-refractivity contribution is 7.99. The number of amides is 2. The number of nitrogens with zero attached hydrogens (tertiary/aromatic N) is 2. The minimum Gasteiger partial charge on any atom is -0.392 e. The summed E-state index contributed by atoms with van der Waals surface area (Å²) in [6.07, 6.45) is 0.613. The predicted octanol–water partition coefficient (Wildman–Crippen LogP) is 6.55. The molecule has 4 unspecified atom stereocenters. The minimum atomic E-state index is -0.571. The van der Waals surface area contributed by atoms with Gasteiger partial charge in [-0.15, -0.1) is 0 Å². The summed E-state index contributed by atoms with van der Waals surface area (Å²) in [5.74, 6) is 0.744. The van der Waals surface area contributed by atoms with Crippen molar-refractivity contribution < 1.29 is 19.4 Å². The molecule has 5 aromatic rings. The van der Waals surface area contributed by atoms with Crippen LogP contribution in [0.4, 0.5) is 4.79 Å². The molecule has 4 aromatic carbocycles. The van der Waals surface area contributed by atoms with Crippen LogP contribution in [0, 0.1) is 5.92 Å². The second-order valence-electron chi connectivity index (χ2n) is 11.2. The number of aromatic nitrogens is 3. The number of aliphatic hydroxyl groups is 1. The van der Waals surface area contributed by atoms with Gasteiger partial charge in [-0.2, -0.15) is 5.10 Å². The van der Waals surface area contributed by atoms with Crippen LogP contribution in [0.2, 0.25) is 0 Å². The van der Waals surface area contributed by atoms with Crippen molar-refractivity contribution in [3.05, 3.63) is 137 Å². The van der Waals surface area contributed by atoms with Gasteiger partial charge in [-0.1, -0.05) is 122 Å². The van der Waals surface area contributed by atoms with Gasteiger partial charge < -0.3 is 25.2 Å². The van der Waals surface area contributed by atoms with E-state index in [4.69, 9.17) is 9.47 Å². The van der Waals surface area contributed by atoms with Gasteiger partial charge in [0.2, 0.25) is 0 Å². The van der Waals surface area contributed by atoms with Crippen molar-refractivity contribution in [3.63, 3.8) is 0 Å². The number of thioether (sulfide) groups is 1. The number of aromatic amines is 1. The first-order chi connectivity index (χ1) is 22.6. The van der Waals surface area contributed by atoms with Crippen molar-refractivity contribution >= 4 is 17.8 Å². The van der Waals surface area contributed by atoms with Crippen molar-refractivity contribution in [1.29, 1.82) is 0 Å². The molecule has 0 aliphatic carbocycles. The number of rotatable bonds is 11.